The van der Waals surface area contributed by atoms with Gasteiger partial charge in [-0.05, 0) is 13.8 Å². The molecule has 0 aliphatic heterocycles. The lowest BCUT2D eigenvalue weighted by Gasteiger charge is -2.08. The summed E-state index contributed by atoms with van der Waals surface area (Å²) in [6.07, 6.45) is 0. The lowest BCUT2D eigenvalue weighted by Crippen LogP contribution is -2.26. The Bertz CT molecular complexity index is 300. The van der Waals surface area contributed by atoms with E-state index in [4.69, 9.17) is 0 Å². The van der Waals surface area contributed by atoms with Crippen molar-refractivity contribution in [2.75, 3.05) is 12.4 Å². The van der Waals surface area contributed by atoms with Crippen molar-refractivity contribution in [3.63, 3.8) is 0 Å². The highest BCUT2D eigenvalue weighted by molar-refractivity contribution is 7.09. The number of anilines is 1. The van der Waals surface area contributed by atoms with Crippen LogP contribution in [-0.4, -0.2) is 28.5 Å². The molecule has 1 unspecified atom stereocenters. The first-order chi connectivity index (χ1) is 6.13. The summed E-state index contributed by atoms with van der Waals surface area (Å²) in [4.78, 5) is 15.1. The maximum absolute atomic E-state index is 11.0. The minimum Gasteiger partial charge on any atom is -0.467 e. The van der Waals surface area contributed by atoms with E-state index in [0.717, 1.165) is 0 Å². The number of carbonyl (C=O) groups excluding carboxylic acids is 1. The van der Waals surface area contributed by atoms with E-state index in [1.165, 1.54) is 18.6 Å². The predicted molar refractivity (Wildman–Crippen MR) is 49.7 cm³/mol. The van der Waals surface area contributed by atoms with Gasteiger partial charge in [0.2, 0.25) is 5.13 Å². The summed E-state index contributed by atoms with van der Waals surface area (Å²) in [5, 5.41) is 3.52. The van der Waals surface area contributed by atoms with Gasteiger partial charge in [0.25, 0.3) is 0 Å². The molecule has 0 aliphatic rings. The van der Waals surface area contributed by atoms with E-state index in [-0.39, 0.29) is 5.97 Å². The van der Waals surface area contributed by atoms with E-state index < -0.39 is 6.04 Å². The molecule has 1 rings (SSSR count). The Morgan fingerprint density at radius 3 is 2.85 bits per heavy atom. The molecular weight excluding hydrogens is 190 g/mol. The Kier molecular flexibility index (Phi) is 3.18. The Hall–Kier alpha value is -1.17. The molecular formula is C7H11N3O2S. The number of esters is 1. The summed E-state index contributed by atoms with van der Waals surface area (Å²) < 4.78 is 8.52. The first kappa shape index (κ1) is 9.91. The number of hydrogen-bond donors (Lipinski definition) is 1. The number of nitrogens with zero attached hydrogens (tertiary/aromatic N) is 2. The predicted octanol–water partition coefficient (Wildman–Crippen LogP) is 0.820. The molecule has 0 spiro atoms. The van der Waals surface area contributed by atoms with Crippen molar-refractivity contribution in [1.82, 2.24) is 9.36 Å². The highest BCUT2D eigenvalue weighted by Crippen LogP contribution is 2.11. The second-order valence-corrected chi connectivity index (χ2v) is 3.29. The Balaban J connectivity index is 2.54. The molecule has 1 aromatic heterocycles. The molecule has 1 N–H and O–H groups in total. The maximum Gasteiger partial charge on any atom is 0.328 e. The SMILES string of the molecule is COC(=O)C(C)Nc1nc(C)ns1. The molecule has 0 saturated carbocycles. The smallest absolute Gasteiger partial charge is 0.328 e. The second-order valence-electron chi connectivity index (χ2n) is 2.54. The van der Waals surface area contributed by atoms with Gasteiger partial charge in [-0.25, -0.2) is 9.78 Å². The van der Waals surface area contributed by atoms with Gasteiger partial charge < -0.3 is 10.1 Å². The van der Waals surface area contributed by atoms with Crippen molar-refractivity contribution < 1.29 is 9.53 Å². The first-order valence-electron chi connectivity index (χ1n) is 3.78. The molecule has 0 aliphatic carbocycles. The zero-order valence-electron chi connectivity index (χ0n) is 7.70. The molecule has 0 amide bonds. The van der Waals surface area contributed by atoms with E-state index in [1.807, 2.05) is 0 Å². The number of aromatic nitrogens is 2. The van der Waals surface area contributed by atoms with Crippen LogP contribution >= 0.6 is 11.5 Å². The molecule has 5 nitrogen and oxygen atoms in total. The number of nitrogens with one attached hydrogen (secondary N) is 1. The molecule has 72 valence electrons. The third-order valence-corrected chi connectivity index (χ3v) is 2.16. The zero-order valence-corrected chi connectivity index (χ0v) is 8.51. The molecule has 0 aromatic carbocycles. The number of methoxy groups -OCH3 is 1. The van der Waals surface area contributed by atoms with Crippen LogP contribution in [0.3, 0.4) is 0 Å². The van der Waals surface area contributed by atoms with Crippen LogP contribution in [0.2, 0.25) is 0 Å². The average molecular weight is 201 g/mol. The van der Waals surface area contributed by atoms with Gasteiger partial charge in [0.05, 0.1) is 7.11 Å². The number of hydrogen-bond acceptors (Lipinski definition) is 6. The molecule has 0 bridgehead atoms. The van der Waals surface area contributed by atoms with E-state index in [2.05, 4.69) is 19.4 Å². The largest absolute Gasteiger partial charge is 0.467 e. The third kappa shape index (κ3) is 2.66. The lowest BCUT2D eigenvalue weighted by atomic mass is 10.3. The first-order valence-corrected chi connectivity index (χ1v) is 4.55. The summed E-state index contributed by atoms with van der Waals surface area (Å²) in [6.45, 7) is 3.51. The Morgan fingerprint density at radius 1 is 1.69 bits per heavy atom. The Morgan fingerprint density at radius 2 is 2.38 bits per heavy atom. The molecule has 0 saturated heterocycles. The van der Waals surface area contributed by atoms with Gasteiger partial charge in [0.15, 0.2) is 0 Å². The quantitative estimate of drug-likeness (QED) is 0.733. The zero-order chi connectivity index (χ0) is 9.84. The van der Waals surface area contributed by atoms with Gasteiger partial charge >= 0.3 is 5.97 Å². The van der Waals surface area contributed by atoms with Crippen LogP contribution in [0.15, 0.2) is 0 Å². The molecule has 0 radical (unpaired) electrons. The fourth-order valence-corrected chi connectivity index (χ4v) is 1.44. The lowest BCUT2D eigenvalue weighted by molar-refractivity contribution is -0.141. The number of ether oxygens (including phenoxy) is 1. The van der Waals surface area contributed by atoms with Crippen molar-refractivity contribution in [3.8, 4) is 0 Å². The van der Waals surface area contributed by atoms with Crippen LogP contribution in [0, 0.1) is 6.92 Å². The van der Waals surface area contributed by atoms with Crippen LogP contribution in [-0.2, 0) is 9.53 Å². The average Bonchev–Trinajstić information content (AvgIpc) is 2.49. The fourth-order valence-electron chi connectivity index (χ4n) is 0.777. The molecule has 13 heavy (non-hydrogen) atoms. The molecule has 1 atom stereocenters. The van der Waals surface area contributed by atoms with Crippen LogP contribution < -0.4 is 5.32 Å². The molecule has 0 fully saturated rings. The number of rotatable bonds is 3. The van der Waals surface area contributed by atoms with Crippen LogP contribution in [0.25, 0.3) is 0 Å². The minimum absolute atomic E-state index is 0.312. The van der Waals surface area contributed by atoms with Gasteiger partial charge in [-0.15, -0.1) is 0 Å². The van der Waals surface area contributed by atoms with Crippen LogP contribution in [0.4, 0.5) is 5.13 Å². The van der Waals surface area contributed by atoms with E-state index in [9.17, 15) is 4.79 Å². The van der Waals surface area contributed by atoms with Crippen molar-refractivity contribution in [3.05, 3.63) is 5.82 Å². The van der Waals surface area contributed by atoms with E-state index in [1.54, 1.807) is 13.8 Å². The normalized spacial score (nSPS) is 12.2. The van der Waals surface area contributed by atoms with Crippen molar-refractivity contribution in [2.24, 2.45) is 0 Å². The number of carbonyl (C=O) groups is 1. The monoisotopic (exact) mass is 201 g/mol. The molecule has 6 heteroatoms. The third-order valence-electron chi connectivity index (χ3n) is 1.42. The standard InChI is InChI=1S/C7H11N3O2S/c1-4(6(11)12-3)8-7-9-5(2)10-13-7/h4H,1-3H3,(H,8,9,10). The van der Waals surface area contributed by atoms with Gasteiger partial charge in [-0.2, -0.15) is 4.37 Å². The minimum atomic E-state index is -0.391. The van der Waals surface area contributed by atoms with Gasteiger partial charge in [-0.1, -0.05) is 0 Å². The van der Waals surface area contributed by atoms with Crippen molar-refractivity contribution in [2.45, 2.75) is 19.9 Å². The Labute approximate surface area is 80.3 Å². The van der Waals surface area contributed by atoms with Crippen molar-refractivity contribution in [1.29, 1.82) is 0 Å². The summed E-state index contributed by atoms with van der Waals surface area (Å²) in [6, 6.07) is -0.391. The second kappa shape index (κ2) is 4.18. The van der Waals surface area contributed by atoms with Gasteiger partial charge in [-0.3, -0.25) is 0 Å². The summed E-state index contributed by atoms with van der Waals surface area (Å²) in [7, 11) is 1.35. The highest BCUT2D eigenvalue weighted by Gasteiger charge is 2.13. The summed E-state index contributed by atoms with van der Waals surface area (Å²) in [5.41, 5.74) is 0. The van der Waals surface area contributed by atoms with Crippen molar-refractivity contribution >= 4 is 22.6 Å². The molecule has 1 aromatic rings. The topological polar surface area (TPSA) is 64.1 Å². The maximum atomic E-state index is 11.0. The van der Waals surface area contributed by atoms with Gasteiger partial charge in [0.1, 0.15) is 11.9 Å². The highest BCUT2D eigenvalue weighted by atomic mass is 32.1. The fraction of sp³-hybridized carbons (Fsp3) is 0.571. The summed E-state index contributed by atoms with van der Waals surface area (Å²) >= 11 is 1.23. The number of aryl methyl sites for hydroxylation is 1. The van der Waals surface area contributed by atoms with E-state index in [0.29, 0.717) is 11.0 Å². The molecule has 1 heterocycles. The van der Waals surface area contributed by atoms with Crippen LogP contribution in [0.5, 0.6) is 0 Å². The van der Waals surface area contributed by atoms with E-state index >= 15 is 0 Å². The van der Waals surface area contributed by atoms with Crippen LogP contribution in [0.1, 0.15) is 12.7 Å². The van der Waals surface area contributed by atoms with Gasteiger partial charge in [0, 0.05) is 11.5 Å². The summed E-state index contributed by atoms with van der Waals surface area (Å²) in [5.74, 6) is 0.386.